The van der Waals surface area contributed by atoms with E-state index in [9.17, 15) is 0 Å². The lowest BCUT2D eigenvalue weighted by atomic mass is 10.1. The number of fused-ring (bicyclic) bond motifs is 1. The summed E-state index contributed by atoms with van der Waals surface area (Å²) >= 11 is 0. The summed E-state index contributed by atoms with van der Waals surface area (Å²) in [5, 5.41) is 3.40. The Bertz CT molecular complexity index is 344. The summed E-state index contributed by atoms with van der Waals surface area (Å²) in [5.41, 5.74) is 2.37. The topological polar surface area (TPSA) is 21.3 Å². The third-order valence-electron chi connectivity index (χ3n) is 2.54. The molecule has 0 spiro atoms. The predicted molar refractivity (Wildman–Crippen MR) is 57.6 cm³/mol. The van der Waals surface area contributed by atoms with Gasteiger partial charge in [-0.2, -0.15) is 0 Å². The molecule has 0 bridgehead atoms. The second kappa shape index (κ2) is 3.28. The molecule has 0 unspecified atom stereocenters. The molecule has 0 amide bonds. The molecule has 2 rings (SSSR count). The molecule has 0 aliphatic carbocycles. The molecule has 1 N–H and O–H groups in total. The fourth-order valence-electron chi connectivity index (χ4n) is 1.81. The molecule has 1 aromatic rings. The first-order chi connectivity index (χ1) is 6.58. The first-order valence-electron chi connectivity index (χ1n) is 5.07. The zero-order valence-electron chi connectivity index (χ0n) is 9.05. The third kappa shape index (κ3) is 1.75. The molecule has 1 aliphatic heterocycles. The lowest BCUT2D eigenvalue weighted by Crippen LogP contribution is -2.37. The lowest BCUT2D eigenvalue weighted by molar-refractivity contribution is 0.114. The second-order valence-corrected chi connectivity index (χ2v) is 4.53. The molecule has 0 radical (unpaired) electrons. The van der Waals surface area contributed by atoms with Gasteiger partial charge in [-0.05, 0) is 26.3 Å². The Balaban J connectivity index is 2.43. The fourth-order valence-corrected chi connectivity index (χ4v) is 1.81. The van der Waals surface area contributed by atoms with Crippen LogP contribution in [0.3, 0.4) is 0 Å². The van der Waals surface area contributed by atoms with Gasteiger partial charge in [0, 0.05) is 18.7 Å². The molecule has 0 fully saturated rings. The van der Waals surface area contributed by atoms with Crippen LogP contribution in [0.25, 0.3) is 0 Å². The van der Waals surface area contributed by atoms with E-state index in [-0.39, 0.29) is 5.60 Å². The van der Waals surface area contributed by atoms with Crippen LogP contribution in [0.1, 0.15) is 25.0 Å². The van der Waals surface area contributed by atoms with Crippen LogP contribution in [-0.4, -0.2) is 12.1 Å². The molecular formula is C12H17NO. The molecule has 1 aromatic carbocycles. The minimum atomic E-state index is -0.114. The van der Waals surface area contributed by atoms with Crippen LogP contribution in [0.4, 0.5) is 0 Å². The van der Waals surface area contributed by atoms with E-state index in [4.69, 9.17) is 4.74 Å². The maximum atomic E-state index is 6.01. The van der Waals surface area contributed by atoms with Crippen molar-refractivity contribution in [1.82, 2.24) is 5.32 Å². The lowest BCUT2D eigenvalue weighted by Gasteiger charge is -2.25. The Labute approximate surface area is 85.3 Å². The van der Waals surface area contributed by atoms with Gasteiger partial charge >= 0.3 is 0 Å². The minimum Gasteiger partial charge on any atom is -0.486 e. The molecule has 2 nitrogen and oxygen atoms in total. The molecule has 2 heteroatoms. The highest BCUT2D eigenvalue weighted by Gasteiger charge is 2.24. The van der Waals surface area contributed by atoms with Crippen LogP contribution in [0.15, 0.2) is 18.2 Å². The fraction of sp³-hybridized carbons (Fsp3) is 0.500. The van der Waals surface area contributed by atoms with Crippen LogP contribution in [0.2, 0.25) is 0 Å². The van der Waals surface area contributed by atoms with Crippen molar-refractivity contribution in [2.75, 3.05) is 6.54 Å². The van der Waals surface area contributed by atoms with Crippen molar-refractivity contribution >= 4 is 0 Å². The second-order valence-electron chi connectivity index (χ2n) is 4.53. The van der Waals surface area contributed by atoms with Crippen molar-refractivity contribution in [3.8, 4) is 5.75 Å². The van der Waals surface area contributed by atoms with Gasteiger partial charge in [0.05, 0.1) is 0 Å². The van der Waals surface area contributed by atoms with E-state index in [2.05, 4.69) is 44.3 Å². The van der Waals surface area contributed by atoms with Crippen molar-refractivity contribution in [1.29, 1.82) is 0 Å². The van der Waals surface area contributed by atoms with E-state index >= 15 is 0 Å². The maximum absolute atomic E-state index is 6.01. The van der Waals surface area contributed by atoms with Crippen LogP contribution in [-0.2, 0) is 6.54 Å². The SMILES string of the molecule is Cc1cccc2c1OC(C)(C)CNC2. The molecule has 14 heavy (non-hydrogen) atoms. The summed E-state index contributed by atoms with van der Waals surface area (Å²) in [4.78, 5) is 0. The number of para-hydroxylation sites is 1. The standard InChI is InChI=1S/C12H17NO/c1-9-5-4-6-10-7-13-8-12(2,3)14-11(9)10/h4-6,13H,7-8H2,1-3H3. The molecule has 0 saturated carbocycles. The summed E-state index contributed by atoms with van der Waals surface area (Å²) < 4.78 is 6.01. The van der Waals surface area contributed by atoms with E-state index in [0.29, 0.717) is 0 Å². The van der Waals surface area contributed by atoms with Crippen molar-refractivity contribution in [3.63, 3.8) is 0 Å². The highest BCUT2D eigenvalue weighted by atomic mass is 16.5. The Morgan fingerprint density at radius 2 is 2.14 bits per heavy atom. The van der Waals surface area contributed by atoms with Gasteiger partial charge in [0.2, 0.25) is 0 Å². The van der Waals surface area contributed by atoms with Gasteiger partial charge in [-0.25, -0.2) is 0 Å². The summed E-state index contributed by atoms with van der Waals surface area (Å²) in [5.74, 6) is 1.06. The van der Waals surface area contributed by atoms with E-state index in [0.717, 1.165) is 18.8 Å². The first-order valence-corrected chi connectivity index (χ1v) is 5.07. The largest absolute Gasteiger partial charge is 0.486 e. The maximum Gasteiger partial charge on any atom is 0.127 e. The molecular weight excluding hydrogens is 174 g/mol. The third-order valence-corrected chi connectivity index (χ3v) is 2.54. The Kier molecular flexibility index (Phi) is 2.23. The van der Waals surface area contributed by atoms with E-state index in [1.54, 1.807) is 0 Å². The highest BCUT2D eigenvalue weighted by molar-refractivity contribution is 5.41. The Morgan fingerprint density at radius 1 is 1.36 bits per heavy atom. The van der Waals surface area contributed by atoms with Crippen molar-refractivity contribution < 1.29 is 4.74 Å². The van der Waals surface area contributed by atoms with E-state index in [1.807, 2.05) is 0 Å². The van der Waals surface area contributed by atoms with E-state index < -0.39 is 0 Å². The number of rotatable bonds is 0. The van der Waals surface area contributed by atoms with Crippen molar-refractivity contribution in [2.24, 2.45) is 0 Å². The summed E-state index contributed by atoms with van der Waals surface area (Å²) in [6, 6.07) is 6.30. The van der Waals surface area contributed by atoms with Crippen molar-refractivity contribution in [3.05, 3.63) is 29.3 Å². The molecule has 0 saturated heterocycles. The van der Waals surface area contributed by atoms with Gasteiger partial charge in [0.1, 0.15) is 11.4 Å². The van der Waals surface area contributed by atoms with Crippen LogP contribution >= 0.6 is 0 Å². The van der Waals surface area contributed by atoms with Crippen LogP contribution in [0, 0.1) is 6.92 Å². The molecule has 1 aliphatic rings. The molecule has 76 valence electrons. The normalized spacial score (nSPS) is 19.4. The Morgan fingerprint density at radius 3 is 2.93 bits per heavy atom. The zero-order chi connectivity index (χ0) is 10.2. The summed E-state index contributed by atoms with van der Waals surface area (Å²) in [6.07, 6.45) is 0. The zero-order valence-corrected chi connectivity index (χ0v) is 9.05. The number of hydrogen-bond donors (Lipinski definition) is 1. The smallest absolute Gasteiger partial charge is 0.127 e. The molecule has 0 aromatic heterocycles. The quantitative estimate of drug-likeness (QED) is 0.679. The van der Waals surface area contributed by atoms with Gasteiger partial charge in [0.15, 0.2) is 0 Å². The van der Waals surface area contributed by atoms with Gasteiger partial charge in [0.25, 0.3) is 0 Å². The Hall–Kier alpha value is -1.02. The van der Waals surface area contributed by atoms with E-state index in [1.165, 1.54) is 11.1 Å². The predicted octanol–water partition coefficient (Wildman–Crippen LogP) is 2.26. The van der Waals surface area contributed by atoms with Crippen molar-refractivity contribution in [2.45, 2.75) is 32.9 Å². The number of hydrogen-bond acceptors (Lipinski definition) is 2. The van der Waals surface area contributed by atoms with Gasteiger partial charge < -0.3 is 10.1 Å². The summed E-state index contributed by atoms with van der Waals surface area (Å²) in [7, 11) is 0. The summed E-state index contributed by atoms with van der Waals surface area (Å²) in [6.45, 7) is 8.12. The minimum absolute atomic E-state index is 0.114. The molecule has 1 heterocycles. The average Bonchev–Trinajstić information content (AvgIpc) is 2.24. The van der Waals surface area contributed by atoms with Gasteiger partial charge in [-0.1, -0.05) is 18.2 Å². The number of aryl methyl sites for hydroxylation is 1. The van der Waals surface area contributed by atoms with Gasteiger partial charge in [-0.15, -0.1) is 0 Å². The number of ether oxygens (including phenoxy) is 1. The van der Waals surface area contributed by atoms with Crippen LogP contribution in [0.5, 0.6) is 5.75 Å². The van der Waals surface area contributed by atoms with Gasteiger partial charge in [-0.3, -0.25) is 0 Å². The molecule has 0 atom stereocenters. The highest BCUT2D eigenvalue weighted by Crippen LogP contribution is 2.29. The number of benzene rings is 1. The number of nitrogens with one attached hydrogen (secondary N) is 1. The van der Waals surface area contributed by atoms with Crippen LogP contribution < -0.4 is 10.1 Å². The average molecular weight is 191 g/mol. The first kappa shape index (κ1) is 9.53. The monoisotopic (exact) mass is 191 g/mol.